The zero-order valence-corrected chi connectivity index (χ0v) is 12.9. The molecule has 19 heavy (non-hydrogen) atoms. The third-order valence-corrected chi connectivity index (χ3v) is 4.54. The minimum absolute atomic E-state index is 0.0171. The van der Waals surface area contributed by atoms with Crippen LogP contribution in [-0.2, 0) is 4.79 Å². The number of halogens is 1. The average molecular weight is 325 g/mol. The van der Waals surface area contributed by atoms with Crippen LogP contribution < -0.4 is 0 Å². The van der Waals surface area contributed by atoms with Crippen molar-refractivity contribution in [1.29, 1.82) is 0 Å². The van der Waals surface area contributed by atoms with Gasteiger partial charge in [-0.3, -0.25) is 9.59 Å². The smallest absolute Gasteiger partial charge is 0.254 e. The number of hydrogen-bond acceptors (Lipinski definition) is 2. The van der Waals surface area contributed by atoms with Gasteiger partial charge in [0.05, 0.1) is 0 Å². The molecule has 0 aliphatic carbocycles. The summed E-state index contributed by atoms with van der Waals surface area (Å²) in [5, 5.41) is 0. The first-order valence-electron chi connectivity index (χ1n) is 6.20. The first kappa shape index (κ1) is 14.1. The number of likely N-dealkylation sites (tertiary alicyclic amines) is 1. The number of nitrogens with zero attached hydrogens (tertiary/aromatic N) is 2. The van der Waals surface area contributed by atoms with Crippen LogP contribution in [0.15, 0.2) is 22.7 Å². The van der Waals surface area contributed by atoms with E-state index >= 15 is 0 Å². The van der Waals surface area contributed by atoms with Crippen molar-refractivity contribution >= 4 is 27.7 Å². The molecule has 0 spiro atoms. The highest BCUT2D eigenvalue weighted by molar-refractivity contribution is 9.10. The standard InChI is InChI=1S/C14H17BrN2O2/c1-9-10(5-4-6-11(9)15)13(18)17(3)12-7-8-16(2)14(12)19/h4-6,12H,7-8H2,1-3H3. The molecule has 1 fully saturated rings. The summed E-state index contributed by atoms with van der Waals surface area (Å²) >= 11 is 3.42. The molecule has 2 amide bonds. The highest BCUT2D eigenvalue weighted by atomic mass is 79.9. The van der Waals surface area contributed by atoms with E-state index in [0.717, 1.165) is 10.0 Å². The molecule has 1 saturated heterocycles. The second-order valence-electron chi connectivity index (χ2n) is 4.89. The average Bonchev–Trinajstić information content (AvgIpc) is 2.72. The maximum Gasteiger partial charge on any atom is 0.254 e. The molecule has 1 heterocycles. The molecule has 2 rings (SSSR count). The van der Waals surface area contributed by atoms with Crippen LogP contribution in [0.25, 0.3) is 0 Å². The van der Waals surface area contributed by atoms with Crippen LogP contribution in [0.5, 0.6) is 0 Å². The molecule has 5 heteroatoms. The Balaban J connectivity index is 2.25. The minimum atomic E-state index is -0.337. The fourth-order valence-corrected chi connectivity index (χ4v) is 2.70. The Bertz CT molecular complexity index is 530. The molecule has 1 aromatic carbocycles. The molecule has 4 nitrogen and oxygen atoms in total. The van der Waals surface area contributed by atoms with E-state index in [9.17, 15) is 9.59 Å². The van der Waals surface area contributed by atoms with E-state index in [2.05, 4.69) is 15.9 Å². The van der Waals surface area contributed by atoms with Crippen molar-refractivity contribution < 1.29 is 9.59 Å². The predicted molar refractivity (Wildman–Crippen MR) is 77.0 cm³/mol. The predicted octanol–water partition coefficient (Wildman–Crippen LogP) is 2.06. The third-order valence-electron chi connectivity index (χ3n) is 3.69. The van der Waals surface area contributed by atoms with E-state index in [-0.39, 0.29) is 17.9 Å². The summed E-state index contributed by atoms with van der Waals surface area (Å²) in [6.45, 7) is 2.60. The Hall–Kier alpha value is -1.36. The topological polar surface area (TPSA) is 40.6 Å². The van der Waals surface area contributed by atoms with E-state index in [1.54, 1.807) is 30.0 Å². The summed E-state index contributed by atoms with van der Waals surface area (Å²) < 4.78 is 0.904. The lowest BCUT2D eigenvalue weighted by Crippen LogP contribution is -2.42. The van der Waals surface area contributed by atoms with E-state index in [4.69, 9.17) is 0 Å². The number of amides is 2. The van der Waals surface area contributed by atoms with Crippen LogP contribution >= 0.6 is 15.9 Å². The zero-order valence-electron chi connectivity index (χ0n) is 11.3. The summed E-state index contributed by atoms with van der Waals surface area (Å²) in [7, 11) is 3.47. The Morgan fingerprint density at radius 2 is 2.16 bits per heavy atom. The fourth-order valence-electron chi connectivity index (χ4n) is 2.33. The molecule has 1 atom stereocenters. The highest BCUT2D eigenvalue weighted by Crippen LogP contribution is 2.23. The lowest BCUT2D eigenvalue weighted by molar-refractivity contribution is -0.130. The summed E-state index contributed by atoms with van der Waals surface area (Å²) in [6, 6.07) is 5.19. The second-order valence-corrected chi connectivity index (χ2v) is 5.75. The minimum Gasteiger partial charge on any atom is -0.344 e. The maximum atomic E-state index is 12.5. The van der Waals surface area contributed by atoms with Crippen molar-refractivity contribution in [3.8, 4) is 0 Å². The van der Waals surface area contributed by atoms with Crippen LogP contribution in [0.1, 0.15) is 22.3 Å². The van der Waals surface area contributed by atoms with Gasteiger partial charge in [-0.25, -0.2) is 0 Å². The van der Waals surface area contributed by atoms with Gasteiger partial charge in [0.2, 0.25) is 5.91 Å². The molecule has 0 saturated carbocycles. The number of hydrogen-bond donors (Lipinski definition) is 0. The van der Waals surface area contributed by atoms with Gasteiger partial charge >= 0.3 is 0 Å². The molecular weight excluding hydrogens is 308 g/mol. The van der Waals surface area contributed by atoms with Crippen molar-refractivity contribution in [2.45, 2.75) is 19.4 Å². The van der Waals surface area contributed by atoms with Gasteiger partial charge in [0, 0.05) is 30.7 Å². The van der Waals surface area contributed by atoms with Crippen LogP contribution in [0.4, 0.5) is 0 Å². The molecule has 102 valence electrons. The van der Waals surface area contributed by atoms with Crippen molar-refractivity contribution in [1.82, 2.24) is 9.80 Å². The number of benzene rings is 1. The van der Waals surface area contributed by atoms with E-state index < -0.39 is 0 Å². The van der Waals surface area contributed by atoms with Crippen LogP contribution in [0.2, 0.25) is 0 Å². The van der Waals surface area contributed by atoms with Crippen molar-refractivity contribution in [3.63, 3.8) is 0 Å². The van der Waals surface area contributed by atoms with Crippen molar-refractivity contribution in [3.05, 3.63) is 33.8 Å². The van der Waals surface area contributed by atoms with Gasteiger partial charge in [-0.05, 0) is 31.0 Å². The molecule has 1 aliphatic heterocycles. The molecule has 0 N–H and O–H groups in total. The normalized spacial score (nSPS) is 18.8. The molecule has 0 aromatic heterocycles. The maximum absolute atomic E-state index is 12.5. The summed E-state index contributed by atoms with van der Waals surface area (Å²) in [6.07, 6.45) is 0.699. The SMILES string of the molecule is Cc1c(Br)cccc1C(=O)N(C)C1CCN(C)C1=O. The molecule has 1 unspecified atom stereocenters. The van der Waals surface area contributed by atoms with Gasteiger partial charge < -0.3 is 9.80 Å². The van der Waals surface area contributed by atoms with Crippen LogP contribution in [-0.4, -0.2) is 48.3 Å². The van der Waals surface area contributed by atoms with Gasteiger partial charge in [0.15, 0.2) is 0 Å². The lowest BCUT2D eigenvalue weighted by atomic mass is 10.1. The second kappa shape index (κ2) is 5.33. The van der Waals surface area contributed by atoms with Gasteiger partial charge in [-0.1, -0.05) is 22.0 Å². The monoisotopic (exact) mass is 324 g/mol. The summed E-state index contributed by atoms with van der Waals surface area (Å²) in [5.41, 5.74) is 1.54. The largest absolute Gasteiger partial charge is 0.344 e. The Labute approximate surface area is 121 Å². The Kier molecular flexibility index (Phi) is 3.94. The first-order chi connectivity index (χ1) is 8.93. The van der Waals surface area contributed by atoms with Crippen molar-refractivity contribution in [2.75, 3.05) is 20.6 Å². The van der Waals surface area contributed by atoms with Crippen molar-refractivity contribution in [2.24, 2.45) is 0 Å². The van der Waals surface area contributed by atoms with Gasteiger partial charge in [-0.15, -0.1) is 0 Å². The fraction of sp³-hybridized carbons (Fsp3) is 0.429. The highest BCUT2D eigenvalue weighted by Gasteiger charge is 2.35. The van der Waals surface area contributed by atoms with Gasteiger partial charge in [0.1, 0.15) is 6.04 Å². The number of likely N-dealkylation sites (N-methyl/N-ethyl adjacent to an activating group) is 2. The van der Waals surface area contributed by atoms with Gasteiger partial charge in [-0.2, -0.15) is 0 Å². The van der Waals surface area contributed by atoms with Crippen LogP contribution in [0, 0.1) is 6.92 Å². The first-order valence-corrected chi connectivity index (χ1v) is 7.00. The molecule has 1 aliphatic rings. The summed E-state index contributed by atoms with van der Waals surface area (Å²) in [4.78, 5) is 27.7. The van der Waals surface area contributed by atoms with Gasteiger partial charge in [0.25, 0.3) is 5.91 Å². The molecular formula is C14H17BrN2O2. The van der Waals surface area contributed by atoms with E-state index in [1.807, 2.05) is 19.1 Å². The molecule has 1 aromatic rings. The lowest BCUT2D eigenvalue weighted by Gasteiger charge is -2.24. The number of carbonyl (C=O) groups excluding carboxylic acids is 2. The Morgan fingerprint density at radius 3 is 2.74 bits per heavy atom. The van der Waals surface area contributed by atoms with E-state index in [0.29, 0.717) is 18.5 Å². The summed E-state index contributed by atoms with van der Waals surface area (Å²) in [5.74, 6) is -0.0871. The zero-order chi connectivity index (χ0) is 14.2. The Morgan fingerprint density at radius 1 is 1.47 bits per heavy atom. The number of rotatable bonds is 2. The van der Waals surface area contributed by atoms with E-state index in [1.165, 1.54) is 0 Å². The molecule has 0 radical (unpaired) electrons. The quantitative estimate of drug-likeness (QED) is 0.835. The molecule has 0 bridgehead atoms. The third kappa shape index (κ3) is 2.52. The number of carbonyl (C=O) groups is 2. The van der Waals surface area contributed by atoms with Crippen LogP contribution in [0.3, 0.4) is 0 Å².